The molecule has 104 valence electrons. The first kappa shape index (κ1) is 12.9. The summed E-state index contributed by atoms with van der Waals surface area (Å²) in [5.41, 5.74) is 0. The van der Waals surface area contributed by atoms with Gasteiger partial charge < -0.3 is 10.2 Å². The first-order valence-corrected chi connectivity index (χ1v) is 8.31. The lowest BCUT2D eigenvalue weighted by molar-refractivity contribution is 0.178. The zero-order valence-corrected chi connectivity index (χ0v) is 12.0. The van der Waals surface area contributed by atoms with Gasteiger partial charge in [-0.2, -0.15) is 0 Å². The van der Waals surface area contributed by atoms with Crippen LogP contribution in [0.5, 0.6) is 0 Å². The van der Waals surface area contributed by atoms with E-state index in [1.54, 1.807) is 19.3 Å². The number of nitrogens with zero attached hydrogens (tertiary/aromatic N) is 1. The quantitative estimate of drug-likeness (QED) is 0.780. The smallest absolute Gasteiger partial charge is 0.0195 e. The summed E-state index contributed by atoms with van der Waals surface area (Å²) in [4.78, 5) is 2.77. The van der Waals surface area contributed by atoms with Crippen molar-refractivity contribution >= 4 is 0 Å². The summed E-state index contributed by atoms with van der Waals surface area (Å²) in [5.74, 6) is 3.23. The van der Waals surface area contributed by atoms with Crippen LogP contribution in [0.1, 0.15) is 51.9 Å². The van der Waals surface area contributed by atoms with Crippen LogP contribution in [0.4, 0.5) is 0 Å². The van der Waals surface area contributed by atoms with Crippen LogP contribution in [0.3, 0.4) is 0 Å². The average molecular weight is 250 g/mol. The van der Waals surface area contributed by atoms with Crippen molar-refractivity contribution in [1.29, 1.82) is 0 Å². The van der Waals surface area contributed by atoms with Gasteiger partial charge in [0.1, 0.15) is 0 Å². The molecule has 1 saturated heterocycles. The molecule has 0 radical (unpaired) electrons. The Morgan fingerprint density at radius 3 is 2.67 bits per heavy atom. The van der Waals surface area contributed by atoms with Crippen molar-refractivity contribution in [3.63, 3.8) is 0 Å². The van der Waals surface area contributed by atoms with Gasteiger partial charge in [0.2, 0.25) is 0 Å². The molecule has 4 atom stereocenters. The SMILES string of the molecule is CCCN(CC1CCCN1)CC1CC2CCC1C2. The highest BCUT2D eigenvalue weighted by Crippen LogP contribution is 2.48. The van der Waals surface area contributed by atoms with E-state index in [0.717, 1.165) is 23.8 Å². The zero-order valence-electron chi connectivity index (χ0n) is 12.0. The lowest BCUT2D eigenvalue weighted by Crippen LogP contribution is -2.41. The monoisotopic (exact) mass is 250 g/mol. The highest BCUT2D eigenvalue weighted by molar-refractivity contribution is 4.91. The molecule has 0 aromatic heterocycles. The van der Waals surface area contributed by atoms with E-state index in [-0.39, 0.29) is 0 Å². The van der Waals surface area contributed by atoms with E-state index in [2.05, 4.69) is 17.1 Å². The number of hydrogen-bond donors (Lipinski definition) is 1. The summed E-state index contributed by atoms with van der Waals surface area (Å²) >= 11 is 0. The van der Waals surface area contributed by atoms with E-state index in [9.17, 15) is 0 Å². The van der Waals surface area contributed by atoms with Crippen LogP contribution < -0.4 is 5.32 Å². The molecule has 2 saturated carbocycles. The Morgan fingerprint density at radius 2 is 2.06 bits per heavy atom. The van der Waals surface area contributed by atoms with Crippen LogP contribution in [-0.4, -0.2) is 37.1 Å². The van der Waals surface area contributed by atoms with Crippen LogP contribution in [0, 0.1) is 17.8 Å². The van der Waals surface area contributed by atoms with Crippen molar-refractivity contribution in [3.8, 4) is 0 Å². The van der Waals surface area contributed by atoms with Crippen molar-refractivity contribution in [2.45, 2.75) is 57.9 Å². The molecule has 1 heterocycles. The normalized spacial score (nSPS) is 39.0. The standard InChI is InChI=1S/C16H30N2/c1-2-8-18(12-16-4-3-7-17-16)11-15-10-13-5-6-14(15)9-13/h13-17H,2-12H2,1H3. The fraction of sp³-hybridized carbons (Fsp3) is 1.00. The van der Waals surface area contributed by atoms with Crippen molar-refractivity contribution in [1.82, 2.24) is 10.2 Å². The Morgan fingerprint density at radius 1 is 1.11 bits per heavy atom. The molecule has 3 rings (SSSR count). The Kier molecular flexibility index (Phi) is 4.25. The second-order valence-corrected chi connectivity index (χ2v) is 6.99. The van der Waals surface area contributed by atoms with Crippen molar-refractivity contribution in [2.24, 2.45) is 17.8 Å². The van der Waals surface area contributed by atoms with E-state index < -0.39 is 0 Å². The molecule has 3 aliphatic rings. The van der Waals surface area contributed by atoms with Gasteiger partial charge in [-0.15, -0.1) is 0 Å². The maximum Gasteiger partial charge on any atom is 0.0195 e. The third-order valence-electron chi connectivity index (χ3n) is 5.56. The lowest BCUT2D eigenvalue weighted by Gasteiger charge is -2.31. The average Bonchev–Trinajstić information content (AvgIpc) is 3.05. The minimum atomic E-state index is 0.787. The van der Waals surface area contributed by atoms with Gasteiger partial charge in [0.25, 0.3) is 0 Å². The van der Waals surface area contributed by atoms with Gasteiger partial charge in [0.05, 0.1) is 0 Å². The molecule has 0 amide bonds. The Balaban J connectivity index is 1.49. The zero-order chi connectivity index (χ0) is 12.4. The minimum Gasteiger partial charge on any atom is -0.313 e. The van der Waals surface area contributed by atoms with Gasteiger partial charge in [0.15, 0.2) is 0 Å². The summed E-state index contributed by atoms with van der Waals surface area (Å²) in [5, 5.41) is 3.66. The first-order chi connectivity index (χ1) is 8.85. The van der Waals surface area contributed by atoms with Gasteiger partial charge in [-0.3, -0.25) is 0 Å². The van der Waals surface area contributed by atoms with Gasteiger partial charge in [-0.25, -0.2) is 0 Å². The molecule has 4 unspecified atom stereocenters. The molecule has 18 heavy (non-hydrogen) atoms. The molecule has 2 heteroatoms. The van der Waals surface area contributed by atoms with Crippen molar-refractivity contribution < 1.29 is 0 Å². The van der Waals surface area contributed by atoms with Gasteiger partial charge in [0, 0.05) is 19.1 Å². The highest BCUT2D eigenvalue weighted by Gasteiger charge is 2.39. The third-order valence-corrected chi connectivity index (χ3v) is 5.56. The summed E-state index contributed by atoms with van der Waals surface area (Å²) in [6, 6.07) is 0.787. The third kappa shape index (κ3) is 2.91. The van der Waals surface area contributed by atoms with E-state index >= 15 is 0 Å². The van der Waals surface area contributed by atoms with Crippen molar-refractivity contribution in [2.75, 3.05) is 26.2 Å². The summed E-state index contributed by atoms with van der Waals surface area (Å²) in [6.07, 6.45) is 10.3. The fourth-order valence-electron chi connectivity index (χ4n) is 4.73. The van der Waals surface area contributed by atoms with Crippen LogP contribution in [0.15, 0.2) is 0 Å². The molecule has 3 fully saturated rings. The van der Waals surface area contributed by atoms with Gasteiger partial charge in [-0.1, -0.05) is 13.3 Å². The number of fused-ring (bicyclic) bond motifs is 2. The largest absolute Gasteiger partial charge is 0.313 e. The molecule has 0 aromatic carbocycles. The van der Waals surface area contributed by atoms with Crippen molar-refractivity contribution in [3.05, 3.63) is 0 Å². The van der Waals surface area contributed by atoms with Crippen LogP contribution in [0.2, 0.25) is 0 Å². The Hall–Kier alpha value is -0.0800. The predicted molar refractivity (Wildman–Crippen MR) is 76.7 cm³/mol. The highest BCUT2D eigenvalue weighted by atomic mass is 15.2. The molecular formula is C16H30N2. The van der Waals surface area contributed by atoms with Crippen LogP contribution >= 0.6 is 0 Å². The number of nitrogens with one attached hydrogen (secondary N) is 1. The molecule has 2 aliphatic carbocycles. The predicted octanol–water partition coefficient (Wildman–Crippen LogP) is 2.89. The maximum atomic E-state index is 3.66. The second-order valence-electron chi connectivity index (χ2n) is 6.99. The molecule has 0 spiro atoms. The first-order valence-electron chi connectivity index (χ1n) is 8.31. The van der Waals surface area contributed by atoms with E-state index in [0.29, 0.717) is 0 Å². The topological polar surface area (TPSA) is 15.3 Å². The Bertz CT molecular complexity index is 260. The molecule has 1 N–H and O–H groups in total. The molecule has 0 aromatic rings. The van der Waals surface area contributed by atoms with E-state index in [4.69, 9.17) is 0 Å². The van der Waals surface area contributed by atoms with E-state index in [1.807, 2.05) is 0 Å². The summed E-state index contributed by atoms with van der Waals surface area (Å²) in [7, 11) is 0. The fourth-order valence-corrected chi connectivity index (χ4v) is 4.73. The summed E-state index contributed by atoms with van der Waals surface area (Å²) < 4.78 is 0. The summed E-state index contributed by atoms with van der Waals surface area (Å²) in [6.45, 7) is 7.59. The lowest BCUT2D eigenvalue weighted by atomic mass is 9.88. The molecular weight excluding hydrogens is 220 g/mol. The van der Waals surface area contributed by atoms with Crippen LogP contribution in [-0.2, 0) is 0 Å². The second kappa shape index (κ2) is 5.92. The maximum absolute atomic E-state index is 3.66. The number of hydrogen-bond acceptors (Lipinski definition) is 2. The molecule has 1 aliphatic heterocycles. The minimum absolute atomic E-state index is 0.787. The molecule has 2 nitrogen and oxygen atoms in total. The van der Waals surface area contributed by atoms with Gasteiger partial charge >= 0.3 is 0 Å². The van der Waals surface area contributed by atoms with Crippen LogP contribution in [0.25, 0.3) is 0 Å². The number of rotatable bonds is 6. The molecule has 2 bridgehead atoms. The van der Waals surface area contributed by atoms with E-state index in [1.165, 1.54) is 51.9 Å². The van der Waals surface area contributed by atoms with Gasteiger partial charge in [-0.05, 0) is 69.4 Å². The Labute approximate surface area is 113 Å².